The number of nitrogens with one attached hydrogen (secondary N) is 2. The zero-order chi connectivity index (χ0) is 26.2. The Morgan fingerprint density at radius 2 is 1.92 bits per heavy atom. The first-order valence-electron chi connectivity index (χ1n) is 11.9. The van der Waals surface area contributed by atoms with Crippen LogP contribution in [0.5, 0.6) is 0 Å². The van der Waals surface area contributed by atoms with Crippen molar-refractivity contribution < 1.29 is 9.53 Å². The van der Waals surface area contributed by atoms with Gasteiger partial charge in [0.15, 0.2) is 0 Å². The summed E-state index contributed by atoms with van der Waals surface area (Å²) in [6.07, 6.45) is 4.49. The van der Waals surface area contributed by atoms with E-state index in [0.29, 0.717) is 10.7 Å². The van der Waals surface area contributed by atoms with Crippen molar-refractivity contribution in [1.82, 2.24) is 29.8 Å². The Morgan fingerprint density at radius 3 is 2.68 bits per heavy atom. The first-order chi connectivity index (χ1) is 18.5. The fourth-order valence-electron chi connectivity index (χ4n) is 4.94. The van der Waals surface area contributed by atoms with Crippen LogP contribution in [0.15, 0.2) is 78.0 Å². The third-order valence-electron chi connectivity index (χ3n) is 6.71. The predicted octanol–water partition coefficient (Wildman–Crippen LogP) is 4.85. The molecule has 3 aromatic heterocycles. The summed E-state index contributed by atoms with van der Waals surface area (Å²) in [5.74, 6) is 0. The average Bonchev–Trinajstić information content (AvgIpc) is 3.70. The number of benzene rings is 2. The zero-order valence-corrected chi connectivity index (χ0v) is 21.0. The van der Waals surface area contributed by atoms with Crippen molar-refractivity contribution in [3.8, 4) is 27.9 Å². The number of carbonyl (C=O) groups is 1. The largest absolute Gasteiger partial charge is 0.453 e. The third-order valence-corrected chi connectivity index (χ3v) is 6.95. The molecule has 1 unspecified atom stereocenters. The van der Waals surface area contributed by atoms with E-state index in [4.69, 9.17) is 11.6 Å². The van der Waals surface area contributed by atoms with Gasteiger partial charge in [-0.25, -0.2) is 4.79 Å². The minimum atomic E-state index is -0.517. The van der Waals surface area contributed by atoms with Crippen LogP contribution in [-0.2, 0) is 11.2 Å². The molecular formula is C27H22ClN7O3. The van der Waals surface area contributed by atoms with E-state index in [1.54, 1.807) is 16.8 Å². The van der Waals surface area contributed by atoms with Crippen molar-refractivity contribution in [3.63, 3.8) is 0 Å². The molecule has 2 aromatic carbocycles. The van der Waals surface area contributed by atoms with Crippen molar-refractivity contribution >= 4 is 23.4 Å². The lowest BCUT2D eigenvalue weighted by Crippen LogP contribution is -2.23. The predicted molar refractivity (Wildman–Crippen MR) is 143 cm³/mol. The molecule has 1 atom stereocenters. The van der Waals surface area contributed by atoms with E-state index in [-0.39, 0.29) is 11.6 Å². The molecule has 4 heterocycles. The van der Waals surface area contributed by atoms with E-state index in [1.807, 2.05) is 53.2 Å². The number of tetrazole rings is 1. The Morgan fingerprint density at radius 1 is 1.08 bits per heavy atom. The number of aromatic amines is 1. The van der Waals surface area contributed by atoms with Gasteiger partial charge in [0, 0.05) is 39.9 Å². The van der Waals surface area contributed by atoms with Gasteiger partial charge < -0.3 is 14.3 Å². The number of fused-ring (bicyclic) bond motifs is 1. The quantitative estimate of drug-likeness (QED) is 0.337. The SMILES string of the molecule is COC(=O)Nc1ccc(-c2c[nH]c(C3CCc4cc(-c5cc(Cl)ccc5-n5cnnn5)cc(=O)n43)c2)cc1. The highest BCUT2D eigenvalue weighted by Gasteiger charge is 2.27. The van der Waals surface area contributed by atoms with Gasteiger partial charge in [0.05, 0.1) is 18.8 Å². The van der Waals surface area contributed by atoms with Gasteiger partial charge in [-0.1, -0.05) is 23.7 Å². The molecule has 0 saturated carbocycles. The smallest absolute Gasteiger partial charge is 0.411 e. The highest BCUT2D eigenvalue weighted by atomic mass is 35.5. The molecule has 2 N–H and O–H groups in total. The number of H-pyrrole nitrogens is 1. The number of amides is 1. The van der Waals surface area contributed by atoms with Crippen LogP contribution >= 0.6 is 11.6 Å². The summed E-state index contributed by atoms with van der Waals surface area (Å²) in [6, 6.07) is 18.5. The fraction of sp³-hybridized carbons (Fsp3) is 0.148. The number of nitrogens with zero attached hydrogens (tertiary/aromatic N) is 5. The monoisotopic (exact) mass is 527 g/mol. The first-order valence-corrected chi connectivity index (χ1v) is 12.3. The Bertz CT molecular complexity index is 1690. The van der Waals surface area contributed by atoms with Crippen LogP contribution in [0.1, 0.15) is 23.9 Å². The number of aryl methyl sites for hydroxylation is 1. The summed E-state index contributed by atoms with van der Waals surface area (Å²) in [5.41, 5.74) is 6.73. The van der Waals surface area contributed by atoms with Gasteiger partial charge in [0.25, 0.3) is 5.56 Å². The summed E-state index contributed by atoms with van der Waals surface area (Å²) in [4.78, 5) is 28.2. The number of ether oxygens (including phenoxy) is 1. The number of anilines is 1. The molecule has 0 saturated heterocycles. The van der Waals surface area contributed by atoms with Gasteiger partial charge in [0.2, 0.25) is 0 Å². The molecule has 38 heavy (non-hydrogen) atoms. The summed E-state index contributed by atoms with van der Waals surface area (Å²) >= 11 is 6.31. The number of aromatic nitrogens is 6. The summed E-state index contributed by atoms with van der Waals surface area (Å²) in [7, 11) is 1.32. The number of carbonyl (C=O) groups excluding carboxylic acids is 1. The summed E-state index contributed by atoms with van der Waals surface area (Å²) in [6.45, 7) is 0. The topological polar surface area (TPSA) is 120 Å². The van der Waals surface area contributed by atoms with E-state index in [1.165, 1.54) is 13.4 Å². The van der Waals surface area contributed by atoms with Crippen LogP contribution in [0.25, 0.3) is 27.9 Å². The van der Waals surface area contributed by atoms with Gasteiger partial charge in [-0.3, -0.25) is 10.1 Å². The molecule has 1 aliphatic heterocycles. The number of halogens is 1. The van der Waals surface area contributed by atoms with Gasteiger partial charge >= 0.3 is 6.09 Å². The Labute approximate surface area is 221 Å². The van der Waals surface area contributed by atoms with Gasteiger partial charge in [0.1, 0.15) is 6.33 Å². The first kappa shape index (κ1) is 23.7. The van der Waals surface area contributed by atoms with Crippen LogP contribution < -0.4 is 10.9 Å². The highest BCUT2D eigenvalue weighted by Crippen LogP contribution is 2.35. The van der Waals surface area contributed by atoms with E-state index in [2.05, 4.69) is 36.6 Å². The van der Waals surface area contributed by atoms with Crippen molar-refractivity contribution in [1.29, 1.82) is 0 Å². The van der Waals surface area contributed by atoms with Gasteiger partial charge in [-0.15, -0.1) is 5.10 Å². The standard InChI is InChI=1S/C27H22ClN7O3/c1-38-27(37)31-20-5-2-16(3-6-20)18-11-23(29-14-18)25-9-7-21-10-17(12-26(36)35(21)25)22-13-19(28)4-8-24(22)34-15-30-32-33-34/h2-6,8,10-15,25,29H,7,9H2,1H3,(H,31,37). The second-order valence-corrected chi connectivity index (χ2v) is 9.39. The van der Waals surface area contributed by atoms with Gasteiger partial charge in [-0.2, -0.15) is 4.68 Å². The van der Waals surface area contributed by atoms with Crippen molar-refractivity contribution in [2.75, 3.05) is 12.4 Å². The minimum Gasteiger partial charge on any atom is -0.453 e. The molecule has 6 rings (SSSR count). The van der Waals surface area contributed by atoms with E-state index < -0.39 is 6.09 Å². The number of hydrogen-bond acceptors (Lipinski definition) is 6. The van der Waals surface area contributed by atoms with Gasteiger partial charge in [-0.05, 0) is 82.4 Å². The molecule has 0 fully saturated rings. The van der Waals surface area contributed by atoms with E-state index in [0.717, 1.165) is 52.2 Å². The zero-order valence-electron chi connectivity index (χ0n) is 20.3. The maximum atomic E-state index is 13.4. The number of pyridine rings is 1. The van der Waals surface area contributed by atoms with Crippen molar-refractivity contribution in [2.24, 2.45) is 0 Å². The van der Waals surface area contributed by atoms with Crippen LogP contribution in [0, 0.1) is 0 Å². The van der Waals surface area contributed by atoms with Crippen LogP contribution in [0.2, 0.25) is 5.02 Å². The number of rotatable bonds is 5. The normalized spacial score (nSPS) is 14.3. The molecular weight excluding hydrogens is 506 g/mol. The summed E-state index contributed by atoms with van der Waals surface area (Å²) < 4.78 is 8.03. The fourth-order valence-corrected chi connectivity index (χ4v) is 5.11. The average molecular weight is 528 g/mol. The van der Waals surface area contributed by atoms with E-state index in [9.17, 15) is 9.59 Å². The number of methoxy groups -OCH3 is 1. The number of hydrogen-bond donors (Lipinski definition) is 2. The second-order valence-electron chi connectivity index (χ2n) is 8.95. The lowest BCUT2D eigenvalue weighted by atomic mass is 10.0. The van der Waals surface area contributed by atoms with Crippen LogP contribution in [-0.4, -0.2) is 43.0 Å². The Hall–Kier alpha value is -4.70. The third kappa shape index (κ3) is 4.35. The lowest BCUT2D eigenvalue weighted by molar-refractivity contribution is 0.187. The van der Waals surface area contributed by atoms with E-state index >= 15 is 0 Å². The van der Waals surface area contributed by atoms with Crippen molar-refractivity contribution in [3.05, 3.63) is 100.0 Å². The molecule has 0 spiro atoms. The summed E-state index contributed by atoms with van der Waals surface area (Å²) in [5, 5.41) is 14.7. The Balaban J connectivity index is 1.30. The second kappa shape index (κ2) is 9.64. The van der Waals surface area contributed by atoms with Crippen LogP contribution in [0.3, 0.4) is 0 Å². The molecule has 0 bridgehead atoms. The molecule has 10 nitrogen and oxygen atoms in total. The minimum absolute atomic E-state index is 0.0861. The lowest BCUT2D eigenvalue weighted by Gasteiger charge is -2.15. The molecule has 0 aliphatic carbocycles. The molecule has 0 radical (unpaired) electrons. The molecule has 1 amide bonds. The molecule has 1 aliphatic rings. The molecule has 190 valence electrons. The maximum Gasteiger partial charge on any atom is 0.411 e. The van der Waals surface area contributed by atoms with Crippen LogP contribution in [0.4, 0.5) is 10.5 Å². The van der Waals surface area contributed by atoms with Crippen molar-refractivity contribution in [2.45, 2.75) is 18.9 Å². The molecule has 5 aromatic rings. The maximum absolute atomic E-state index is 13.4. The molecule has 11 heteroatoms. The highest BCUT2D eigenvalue weighted by molar-refractivity contribution is 6.31. The Kier molecular flexibility index (Phi) is 6.01.